The summed E-state index contributed by atoms with van der Waals surface area (Å²) in [6.45, 7) is 6.40. The van der Waals surface area contributed by atoms with Crippen LogP contribution in [0.25, 0.3) is 0 Å². The lowest BCUT2D eigenvalue weighted by Crippen LogP contribution is -2.33. The van der Waals surface area contributed by atoms with Crippen LogP contribution in [0.1, 0.15) is 19.8 Å². The van der Waals surface area contributed by atoms with Crippen LogP contribution in [0.3, 0.4) is 0 Å². The van der Waals surface area contributed by atoms with Crippen LogP contribution in [0.15, 0.2) is 12.2 Å². The largest absolute Gasteiger partial charge is 0.377 e. The SMILES string of the molecule is C=C(C)CS(=O)(=O)NCC1CCCO1. The van der Waals surface area contributed by atoms with Crippen LogP contribution < -0.4 is 4.72 Å². The maximum atomic E-state index is 11.4. The van der Waals surface area contributed by atoms with Crippen LogP contribution in [0.5, 0.6) is 0 Å². The van der Waals surface area contributed by atoms with Gasteiger partial charge in [-0.05, 0) is 19.8 Å². The Balaban J connectivity index is 2.32. The molecule has 0 bridgehead atoms. The highest BCUT2D eigenvalue weighted by Gasteiger charge is 2.18. The molecule has 1 atom stereocenters. The van der Waals surface area contributed by atoms with Gasteiger partial charge in [0.2, 0.25) is 10.0 Å². The topological polar surface area (TPSA) is 55.4 Å². The molecule has 1 saturated heterocycles. The van der Waals surface area contributed by atoms with Gasteiger partial charge in [0, 0.05) is 13.2 Å². The zero-order valence-corrected chi connectivity index (χ0v) is 9.27. The van der Waals surface area contributed by atoms with Crippen LogP contribution in [0.2, 0.25) is 0 Å². The average Bonchev–Trinajstić information content (AvgIpc) is 2.50. The molecule has 1 fully saturated rings. The molecule has 1 aliphatic heterocycles. The normalized spacial score (nSPS) is 22.5. The fraction of sp³-hybridized carbons (Fsp3) is 0.778. The predicted octanol–water partition coefficient (Wildman–Crippen LogP) is 0.661. The molecule has 0 aromatic rings. The van der Waals surface area contributed by atoms with Crippen LogP contribution in [-0.4, -0.2) is 33.4 Å². The second-order valence-corrected chi connectivity index (χ2v) is 5.51. The van der Waals surface area contributed by atoms with Gasteiger partial charge in [-0.25, -0.2) is 13.1 Å². The van der Waals surface area contributed by atoms with Gasteiger partial charge in [0.05, 0.1) is 11.9 Å². The lowest BCUT2D eigenvalue weighted by molar-refractivity contribution is 0.114. The first kappa shape index (κ1) is 11.7. The van der Waals surface area contributed by atoms with Gasteiger partial charge < -0.3 is 4.74 Å². The summed E-state index contributed by atoms with van der Waals surface area (Å²) in [5.74, 6) is -0.000278. The van der Waals surface area contributed by atoms with Gasteiger partial charge in [0.25, 0.3) is 0 Å². The fourth-order valence-corrected chi connectivity index (χ4v) is 2.59. The Morgan fingerprint density at radius 2 is 2.36 bits per heavy atom. The first-order valence-electron chi connectivity index (χ1n) is 4.73. The van der Waals surface area contributed by atoms with Crippen molar-refractivity contribution in [2.24, 2.45) is 0 Å². The Labute approximate surface area is 85.4 Å². The van der Waals surface area contributed by atoms with E-state index < -0.39 is 10.0 Å². The summed E-state index contributed by atoms with van der Waals surface area (Å²) in [4.78, 5) is 0. The maximum Gasteiger partial charge on any atom is 0.215 e. The molecule has 0 aromatic carbocycles. The Kier molecular flexibility index (Phi) is 4.10. The lowest BCUT2D eigenvalue weighted by Gasteiger charge is -2.10. The van der Waals surface area contributed by atoms with Crippen molar-refractivity contribution in [3.8, 4) is 0 Å². The summed E-state index contributed by atoms with van der Waals surface area (Å²) in [7, 11) is -3.20. The Morgan fingerprint density at radius 3 is 2.86 bits per heavy atom. The second-order valence-electron chi connectivity index (χ2n) is 3.70. The van der Waals surface area contributed by atoms with E-state index in [0.29, 0.717) is 12.1 Å². The molecule has 82 valence electrons. The summed E-state index contributed by atoms with van der Waals surface area (Å²) >= 11 is 0. The quantitative estimate of drug-likeness (QED) is 0.691. The predicted molar refractivity (Wildman–Crippen MR) is 55.6 cm³/mol. The van der Waals surface area contributed by atoms with Gasteiger partial charge in [-0.2, -0.15) is 0 Å². The van der Waals surface area contributed by atoms with Crippen molar-refractivity contribution >= 4 is 10.0 Å². The number of nitrogens with one attached hydrogen (secondary N) is 1. The molecule has 0 spiro atoms. The molecule has 0 amide bonds. The first-order chi connectivity index (χ1) is 6.49. The highest BCUT2D eigenvalue weighted by Crippen LogP contribution is 2.11. The van der Waals surface area contributed by atoms with Gasteiger partial charge in [0.15, 0.2) is 0 Å². The van der Waals surface area contributed by atoms with Gasteiger partial charge in [-0.1, -0.05) is 12.2 Å². The number of sulfonamides is 1. The third-order valence-corrected chi connectivity index (χ3v) is 3.47. The number of ether oxygens (including phenoxy) is 1. The highest BCUT2D eigenvalue weighted by molar-refractivity contribution is 7.89. The highest BCUT2D eigenvalue weighted by atomic mass is 32.2. The molecule has 14 heavy (non-hydrogen) atoms. The van der Waals surface area contributed by atoms with E-state index in [-0.39, 0.29) is 11.9 Å². The summed E-state index contributed by atoms with van der Waals surface area (Å²) in [5, 5.41) is 0. The van der Waals surface area contributed by atoms with E-state index >= 15 is 0 Å². The number of hydrogen-bond donors (Lipinski definition) is 1. The molecule has 5 heteroatoms. The third-order valence-electron chi connectivity index (χ3n) is 1.99. The summed E-state index contributed by atoms with van der Waals surface area (Å²) in [6, 6.07) is 0. The summed E-state index contributed by atoms with van der Waals surface area (Å²) in [6.07, 6.45) is 2.01. The number of hydrogen-bond acceptors (Lipinski definition) is 3. The molecular formula is C9H17NO3S. The van der Waals surface area contributed by atoms with Crippen LogP contribution >= 0.6 is 0 Å². The van der Waals surface area contributed by atoms with Gasteiger partial charge in [-0.3, -0.25) is 0 Å². The Morgan fingerprint density at radius 1 is 1.64 bits per heavy atom. The summed E-state index contributed by atoms with van der Waals surface area (Å²) in [5.41, 5.74) is 0.643. The Bertz CT molecular complexity index is 291. The zero-order chi connectivity index (χ0) is 10.6. The van der Waals surface area contributed by atoms with Crippen molar-refractivity contribution in [2.45, 2.75) is 25.9 Å². The molecule has 1 aliphatic rings. The molecule has 0 aromatic heterocycles. The minimum atomic E-state index is -3.20. The molecule has 0 radical (unpaired) electrons. The minimum absolute atomic E-state index is 0.000278. The van der Waals surface area contributed by atoms with E-state index in [1.54, 1.807) is 6.92 Å². The van der Waals surface area contributed by atoms with Crippen molar-refractivity contribution in [3.63, 3.8) is 0 Å². The summed E-state index contributed by atoms with van der Waals surface area (Å²) < 4.78 is 30.6. The zero-order valence-electron chi connectivity index (χ0n) is 8.45. The second kappa shape index (κ2) is 4.91. The van der Waals surface area contributed by atoms with Crippen molar-refractivity contribution in [2.75, 3.05) is 18.9 Å². The van der Waals surface area contributed by atoms with Crippen molar-refractivity contribution < 1.29 is 13.2 Å². The molecule has 1 unspecified atom stereocenters. The van der Waals surface area contributed by atoms with Crippen LogP contribution in [-0.2, 0) is 14.8 Å². The van der Waals surface area contributed by atoms with Crippen LogP contribution in [0.4, 0.5) is 0 Å². The van der Waals surface area contributed by atoms with Crippen molar-refractivity contribution in [1.29, 1.82) is 0 Å². The van der Waals surface area contributed by atoms with E-state index in [9.17, 15) is 8.42 Å². The maximum absolute atomic E-state index is 11.4. The van der Waals surface area contributed by atoms with E-state index in [4.69, 9.17) is 4.74 Å². The van der Waals surface area contributed by atoms with Gasteiger partial charge >= 0.3 is 0 Å². The molecule has 0 saturated carbocycles. The average molecular weight is 219 g/mol. The molecule has 1 heterocycles. The molecule has 4 nitrogen and oxygen atoms in total. The molecular weight excluding hydrogens is 202 g/mol. The smallest absolute Gasteiger partial charge is 0.215 e. The molecule has 1 N–H and O–H groups in total. The van der Waals surface area contributed by atoms with Crippen molar-refractivity contribution in [1.82, 2.24) is 4.72 Å². The van der Waals surface area contributed by atoms with E-state index in [0.717, 1.165) is 19.4 Å². The lowest BCUT2D eigenvalue weighted by atomic mass is 10.2. The standard InChI is InChI=1S/C9H17NO3S/c1-8(2)7-14(11,12)10-6-9-4-3-5-13-9/h9-10H,1,3-7H2,2H3. The molecule has 0 aliphatic carbocycles. The first-order valence-corrected chi connectivity index (χ1v) is 6.38. The molecule has 1 rings (SSSR count). The van der Waals surface area contributed by atoms with Crippen LogP contribution in [0, 0.1) is 0 Å². The monoisotopic (exact) mass is 219 g/mol. The third kappa shape index (κ3) is 4.21. The van der Waals surface area contributed by atoms with E-state index in [1.807, 2.05) is 0 Å². The minimum Gasteiger partial charge on any atom is -0.377 e. The van der Waals surface area contributed by atoms with E-state index in [2.05, 4.69) is 11.3 Å². The van der Waals surface area contributed by atoms with E-state index in [1.165, 1.54) is 0 Å². The van der Waals surface area contributed by atoms with Gasteiger partial charge in [0.1, 0.15) is 0 Å². The number of rotatable bonds is 5. The van der Waals surface area contributed by atoms with Gasteiger partial charge in [-0.15, -0.1) is 0 Å². The Hall–Kier alpha value is -0.390. The van der Waals surface area contributed by atoms with Crippen molar-refractivity contribution in [3.05, 3.63) is 12.2 Å². The fourth-order valence-electron chi connectivity index (χ4n) is 1.40.